The van der Waals surface area contributed by atoms with Gasteiger partial charge >= 0.3 is 0 Å². The minimum absolute atomic E-state index is 0.115. The van der Waals surface area contributed by atoms with Gasteiger partial charge in [0.25, 0.3) is 0 Å². The maximum Gasteiger partial charge on any atom is 0.0463 e. The maximum absolute atomic E-state index is 3.70. The first-order valence-electron chi connectivity index (χ1n) is 12.3. The van der Waals surface area contributed by atoms with Gasteiger partial charge < -0.3 is 5.32 Å². The second-order valence-corrected chi connectivity index (χ2v) is 10.4. The fourth-order valence-corrected chi connectivity index (χ4v) is 5.12. The predicted octanol–water partition coefficient (Wildman–Crippen LogP) is 9.85. The first-order chi connectivity index (χ1) is 17.0. The van der Waals surface area contributed by atoms with E-state index in [0.717, 1.165) is 11.4 Å². The minimum atomic E-state index is 0.115. The highest BCUT2D eigenvalue weighted by molar-refractivity contribution is 6.25. The summed E-state index contributed by atoms with van der Waals surface area (Å²) >= 11 is 0. The summed E-state index contributed by atoms with van der Waals surface area (Å²) in [6.45, 7) is 6.84. The van der Waals surface area contributed by atoms with Crippen molar-refractivity contribution in [2.24, 2.45) is 0 Å². The van der Waals surface area contributed by atoms with E-state index >= 15 is 0 Å². The zero-order valence-corrected chi connectivity index (χ0v) is 20.5. The van der Waals surface area contributed by atoms with Crippen molar-refractivity contribution in [2.75, 3.05) is 5.32 Å². The lowest BCUT2D eigenvalue weighted by Gasteiger charge is -2.21. The van der Waals surface area contributed by atoms with E-state index < -0.39 is 0 Å². The van der Waals surface area contributed by atoms with Crippen molar-refractivity contribution >= 4 is 43.7 Å². The molecular weight excluding hydrogens is 422 g/mol. The molecular formula is C34H29N. The third-order valence-electron chi connectivity index (χ3n) is 6.99. The molecule has 1 heteroatoms. The number of hydrogen-bond donors (Lipinski definition) is 1. The topological polar surface area (TPSA) is 12.0 Å². The molecule has 35 heavy (non-hydrogen) atoms. The quantitative estimate of drug-likeness (QED) is 0.264. The van der Waals surface area contributed by atoms with Gasteiger partial charge in [-0.2, -0.15) is 0 Å². The van der Waals surface area contributed by atoms with Gasteiger partial charge in [-0.15, -0.1) is 0 Å². The fraction of sp³-hybridized carbons (Fsp3) is 0.118. The third kappa shape index (κ3) is 3.84. The Kier molecular flexibility index (Phi) is 5.07. The van der Waals surface area contributed by atoms with Gasteiger partial charge in [-0.05, 0) is 73.1 Å². The summed E-state index contributed by atoms with van der Waals surface area (Å²) in [6, 6.07) is 41.6. The van der Waals surface area contributed by atoms with Crippen LogP contribution in [0.25, 0.3) is 43.4 Å². The molecule has 0 bridgehead atoms. The molecule has 0 saturated carbocycles. The van der Waals surface area contributed by atoms with Crippen molar-refractivity contribution < 1.29 is 0 Å². The van der Waals surface area contributed by atoms with Crippen LogP contribution in [0.2, 0.25) is 0 Å². The van der Waals surface area contributed by atoms with Crippen LogP contribution < -0.4 is 5.32 Å². The number of benzene rings is 6. The van der Waals surface area contributed by atoms with Gasteiger partial charge in [0.1, 0.15) is 0 Å². The molecule has 170 valence electrons. The first-order valence-corrected chi connectivity index (χ1v) is 12.3. The highest BCUT2D eigenvalue weighted by Crippen LogP contribution is 2.39. The smallest absolute Gasteiger partial charge is 0.0463 e. The van der Waals surface area contributed by atoms with E-state index in [-0.39, 0.29) is 5.41 Å². The molecule has 0 aliphatic rings. The highest BCUT2D eigenvalue weighted by Gasteiger charge is 2.16. The SMILES string of the molecule is CC(C)(C)c1ccc2c3ccc(Nc4ccccc4-c4ccccc4)cc3c3ccccc3c2c1. The lowest BCUT2D eigenvalue weighted by Crippen LogP contribution is -2.10. The molecule has 0 saturated heterocycles. The van der Waals surface area contributed by atoms with Crippen LogP contribution in [0, 0.1) is 0 Å². The van der Waals surface area contributed by atoms with Gasteiger partial charge in [-0.25, -0.2) is 0 Å². The molecule has 6 aromatic rings. The van der Waals surface area contributed by atoms with Gasteiger partial charge in [0.15, 0.2) is 0 Å². The van der Waals surface area contributed by atoms with Crippen LogP contribution in [0.3, 0.4) is 0 Å². The maximum atomic E-state index is 3.70. The van der Waals surface area contributed by atoms with Crippen molar-refractivity contribution in [3.8, 4) is 11.1 Å². The normalized spacial score (nSPS) is 11.9. The summed E-state index contributed by atoms with van der Waals surface area (Å²) < 4.78 is 0. The number of hydrogen-bond acceptors (Lipinski definition) is 1. The highest BCUT2D eigenvalue weighted by atomic mass is 14.9. The van der Waals surface area contributed by atoms with Gasteiger partial charge in [0.2, 0.25) is 0 Å². The number of nitrogens with one attached hydrogen (secondary N) is 1. The second-order valence-electron chi connectivity index (χ2n) is 10.4. The Morgan fingerprint density at radius 3 is 1.77 bits per heavy atom. The number of rotatable bonds is 3. The van der Waals surface area contributed by atoms with E-state index in [1.54, 1.807) is 0 Å². The lowest BCUT2D eigenvalue weighted by atomic mass is 9.84. The van der Waals surface area contributed by atoms with Gasteiger partial charge in [0.05, 0.1) is 0 Å². The van der Waals surface area contributed by atoms with Crippen LogP contribution in [-0.4, -0.2) is 0 Å². The molecule has 6 aromatic carbocycles. The molecule has 0 spiro atoms. The van der Waals surface area contributed by atoms with Crippen molar-refractivity contribution in [3.05, 3.63) is 121 Å². The largest absolute Gasteiger partial charge is 0.355 e. The Morgan fingerprint density at radius 1 is 0.486 bits per heavy atom. The van der Waals surface area contributed by atoms with Crippen LogP contribution in [0.4, 0.5) is 11.4 Å². The molecule has 0 atom stereocenters. The molecule has 6 rings (SSSR count). The van der Waals surface area contributed by atoms with Crippen molar-refractivity contribution in [1.82, 2.24) is 0 Å². The predicted molar refractivity (Wildman–Crippen MR) is 153 cm³/mol. The Labute approximate surface area is 207 Å². The molecule has 1 N–H and O–H groups in total. The monoisotopic (exact) mass is 451 g/mol. The van der Waals surface area contributed by atoms with Crippen LogP contribution >= 0.6 is 0 Å². The van der Waals surface area contributed by atoms with E-state index in [2.05, 4.69) is 141 Å². The molecule has 0 fully saturated rings. The summed E-state index contributed by atoms with van der Waals surface area (Å²) in [5.74, 6) is 0. The third-order valence-corrected chi connectivity index (χ3v) is 6.99. The first kappa shape index (κ1) is 21.4. The summed E-state index contributed by atoms with van der Waals surface area (Å²) in [5, 5.41) is 11.5. The fourth-order valence-electron chi connectivity index (χ4n) is 5.12. The van der Waals surface area contributed by atoms with Gasteiger partial charge in [0, 0.05) is 16.9 Å². The molecule has 0 aromatic heterocycles. The van der Waals surface area contributed by atoms with E-state index in [4.69, 9.17) is 0 Å². The van der Waals surface area contributed by atoms with Gasteiger partial charge in [-0.1, -0.05) is 112 Å². The van der Waals surface area contributed by atoms with Crippen LogP contribution in [0.1, 0.15) is 26.3 Å². The number of anilines is 2. The summed E-state index contributed by atoms with van der Waals surface area (Å²) in [4.78, 5) is 0. The Hall–Kier alpha value is -4.10. The Morgan fingerprint density at radius 2 is 1.06 bits per heavy atom. The second kappa shape index (κ2) is 8.29. The van der Waals surface area contributed by atoms with Gasteiger partial charge in [-0.3, -0.25) is 0 Å². The Balaban J connectivity index is 1.53. The zero-order chi connectivity index (χ0) is 24.0. The molecule has 0 aliphatic heterocycles. The van der Waals surface area contributed by atoms with E-state index in [9.17, 15) is 0 Å². The average molecular weight is 452 g/mol. The van der Waals surface area contributed by atoms with Crippen LogP contribution in [0.5, 0.6) is 0 Å². The molecule has 0 amide bonds. The molecule has 0 unspecified atom stereocenters. The van der Waals surface area contributed by atoms with Crippen molar-refractivity contribution in [2.45, 2.75) is 26.2 Å². The van der Waals surface area contributed by atoms with Crippen LogP contribution in [-0.2, 0) is 5.41 Å². The van der Waals surface area contributed by atoms with E-state index in [0.29, 0.717) is 0 Å². The number of fused-ring (bicyclic) bond motifs is 6. The molecule has 0 aliphatic carbocycles. The summed E-state index contributed by atoms with van der Waals surface area (Å²) in [7, 11) is 0. The van der Waals surface area contributed by atoms with E-state index in [1.165, 1.54) is 49.0 Å². The lowest BCUT2D eigenvalue weighted by molar-refractivity contribution is 0.591. The molecule has 0 radical (unpaired) electrons. The molecule has 1 nitrogen and oxygen atoms in total. The summed E-state index contributed by atoms with van der Waals surface area (Å²) in [5.41, 5.74) is 6.10. The zero-order valence-electron chi connectivity index (χ0n) is 20.5. The van der Waals surface area contributed by atoms with Crippen molar-refractivity contribution in [3.63, 3.8) is 0 Å². The average Bonchev–Trinajstić information content (AvgIpc) is 2.89. The van der Waals surface area contributed by atoms with E-state index in [1.807, 2.05) is 0 Å². The minimum Gasteiger partial charge on any atom is -0.355 e. The van der Waals surface area contributed by atoms with Crippen molar-refractivity contribution in [1.29, 1.82) is 0 Å². The Bertz CT molecular complexity index is 1670. The standard InChI is InChI=1S/C34H29N/c1-34(2,3)24-17-19-29-30-20-18-25(22-32(30)28-15-8-7-14-27(28)31(29)21-24)35-33-16-10-9-13-26(33)23-11-5-4-6-12-23/h4-22,35H,1-3H3. The van der Waals surface area contributed by atoms with Crippen LogP contribution in [0.15, 0.2) is 115 Å². The summed E-state index contributed by atoms with van der Waals surface area (Å²) in [6.07, 6.45) is 0. The number of para-hydroxylation sites is 1. The molecule has 0 heterocycles.